The summed E-state index contributed by atoms with van der Waals surface area (Å²) in [6, 6.07) is 6.42. The maximum absolute atomic E-state index is 12.5. The molecule has 1 atom stereocenters. The van der Waals surface area contributed by atoms with Gasteiger partial charge in [-0.05, 0) is 57.9 Å². The second kappa shape index (κ2) is 9.71. The van der Waals surface area contributed by atoms with E-state index in [0.29, 0.717) is 24.9 Å². The highest BCUT2D eigenvalue weighted by molar-refractivity contribution is 5.98. The highest BCUT2D eigenvalue weighted by atomic mass is 16.6. The van der Waals surface area contributed by atoms with Crippen LogP contribution in [0.2, 0.25) is 0 Å². The molecule has 1 saturated heterocycles. The molecule has 0 unspecified atom stereocenters. The fourth-order valence-electron chi connectivity index (χ4n) is 4.06. The van der Waals surface area contributed by atoms with Crippen LogP contribution in [0.25, 0.3) is 0 Å². The number of benzene rings is 1. The van der Waals surface area contributed by atoms with Gasteiger partial charge in [-0.1, -0.05) is 24.3 Å². The van der Waals surface area contributed by atoms with Crippen molar-refractivity contribution in [2.45, 2.75) is 64.0 Å². The van der Waals surface area contributed by atoms with E-state index in [2.05, 4.69) is 0 Å². The first kappa shape index (κ1) is 23.8. The Morgan fingerprint density at radius 1 is 1.03 bits per heavy atom. The fraction of sp³-hybridized carbons (Fsp3) is 0.583. The Labute approximate surface area is 188 Å². The Hall–Kier alpha value is -2.90. The summed E-state index contributed by atoms with van der Waals surface area (Å²) >= 11 is 0. The van der Waals surface area contributed by atoms with Gasteiger partial charge in [0.1, 0.15) is 11.6 Å². The van der Waals surface area contributed by atoms with Crippen LogP contribution < -0.4 is 0 Å². The lowest BCUT2D eigenvalue weighted by atomic mass is 9.71. The summed E-state index contributed by atoms with van der Waals surface area (Å²) < 4.78 is 15.3. The van der Waals surface area contributed by atoms with Crippen LogP contribution in [-0.2, 0) is 23.8 Å². The summed E-state index contributed by atoms with van der Waals surface area (Å²) in [4.78, 5) is 50.2. The monoisotopic (exact) mass is 445 g/mol. The standard InChI is InChI=1S/C24H31NO7/c1-24(2,3)32-23(29)25-11-5-6-19(25)22(28)31-14-20(26)16-9-7-15(8-10-16)17-12-18(13-17)21(27)30-4/h7-10,17-19H,5-6,11-14H2,1-4H3/t17?,18?,19-/m0/s1. The fourth-order valence-corrected chi connectivity index (χ4v) is 4.06. The summed E-state index contributed by atoms with van der Waals surface area (Å²) in [6.07, 6.45) is 2.09. The van der Waals surface area contributed by atoms with E-state index in [1.165, 1.54) is 12.0 Å². The molecule has 1 aliphatic heterocycles. The van der Waals surface area contributed by atoms with Gasteiger partial charge in [0.2, 0.25) is 0 Å². The van der Waals surface area contributed by atoms with Crippen molar-refractivity contribution in [3.05, 3.63) is 35.4 Å². The Morgan fingerprint density at radius 3 is 2.28 bits per heavy atom. The number of ether oxygens (including phenoxy) is 3. The number of esters is 2. The number of likely N-dealkylation sites (tertiary alicyclic amines) is 1. The lowest BCUT2D eigenvalue weighted by molar-refractivity contribution is -0.149. The van der Waals surface area contributed by atoms with Gasteiger partial charge in [-0.2, -0.15) is 0 Å². The van der Waals surface area contributed by atoms with E-state index >= 15 is 0 Å². The van der Waals surface area contributed by atoms with Gasteiger partial charge in [-0.3, -0.25) is 14.5 Å². The molecular weight excluding hydrogens is 414 g/mol. The van der Waals surface area contributed by atoms with Gasteiger partial charge in [0.25, 0.3) is 0 Å². The molecule has 0 radical (unpaired) electrons. The minimum atomic E-state index is -0.735. The van der Waals surface area contributed by atoms with Gasteiger partial charge in [0.15, 0.2) is 12.4 Å². The number of hydrogen-bond acceptors (Lipinski definition) is 7. The van der Waals surface area contributed by atoms with Crippen molar-refractivity contribution in [1.29, 1.82) is 0 Å². The molecule has 1 saturated carbocycles. The lowest BCUT2D eigenvalue weighted by Gasteiger charge is -2.33. The molecule has 0 bridgehead atoms. The van der Waals surface area contributed by atoms with E-state index in [0.717, 1.165) is 18.4 Å². The summed E-state index contributed by atoms with van der Waals surface area (Å²) in [5, 5.41) is 0. The predicted molar refractivity (Wildman–Crippen MR) is 115 cm³/mol. The van der Waals surface area contributed by atoms with E-state index in [1.54, 1.807) is 32.9 Å². The smallest absolute Gasteiger partial charge is 0.411 e. The Kier molecular flexibility index (Phi) is 7.21. The van der Waals surface area contributed by atoms with E-state index in [1.807, 2.05) is 12.1 Å². The Balaban J connectivity index is 1.49. The molecule has 8 nitrogen and oxygen atoms in total. The summed E-state index contributed by atoms with van der Waals surface area (Å²) in [5.41, 5.74) is 0.856. The zero-order chi connectivity index (χ0) is 23.5. The molecule has 2 fully saturated rings. The zero-order valence-electron chi connectivity index (χ0n) is 19.1. The van der Waals surface area contributed by atoms with Crippen molar-refractivity contribution < 1.29 is 33.4 Å². The quantitative estimate of drug-likeness (QED) is 0.375. The Morgan fingerprint density at radius 2 is 1.69 bits per heavy atom. The lowest BCUT2D eigenvalue weighted by Crippen LogP contribution is -2.44. The van der Waals surface area contributed by atoms with Gasteiger partial charge in [0, 0.05) is 12.1 Å². The molecule has 1 aliphatic carbocycles. The van der Waals surface area contributed by atoms with Crippen LogP contribution >= 0.6 is 0 Å². The average Bonchev–Trinajstić information content (AvgIpc) is 3.20. The van der Waals surface area contributed by atoms with E-state index in [-0.39, 0.29) is 30.2 Å². The molecule has 8 heteroatoms. The van der Waals surface area contributed by atoms with Crippen LogP contribution in [0.3, 0.4) is 0 Å². The summed E-state index contributed by atoms with van der Waals surface area (Å²) in [7, 11) is 1.39. The summed E-state index contributed by atoms with van der Waals surface area (Å²) in [5.74, 6) is -0.861. The molecule has 174 valence electrons. The number of methoxy groups -OCH3 is 1. The maximum Gasteiger partial charge on any atom is 0.411 e. The highest BCUT2D eigenvalue weighted by Gasteiger charge is 2.38. The first-order valence-corrected chi connectivity index (χ1v) is 11.0. The molecule has 2 aliphatic rings. The number of amides is 1. The van der Waals surface area contributed by atoms with Gasteiger partial charge in [0.05, 0.1) is 13.0 Å². The molecule has 1 aromatic carbocycles. The highest BCUT2D eigenvalue weighted by Crippen LogP contribution is 2.42. The minimum Gasteiger partial charge on any atom is -0.469 e. The van der Waals surface area contributed by atoms with Crippen LogP contribution in [-0.4, -0.2) is 60.6 Å². The van der Waals surface area contributed by atoms with Crippen molar-refractivity contribution in [3.63, 3.8) is 0 Å². The third-order valence-corrected chi connectivity index (χ3v) is 5.88. The molecule has 0 aromatic heterocycles. The second-order valence-electron chi connectivity index (χ2n) is 9.37. The molecule has 0 spiro atoms. The second-order valence-corrected chi connectivity index (χ2v) is 9.37. The summed E-state index contributed by atoms with van der Waals surface area (Å²) in [6.45, 7) is 5.33. The van der Waals surface area contributed by atoms with E-state index < -0.39 is 23.7 Å². The average molecular weight is 446 g/mol. The molecule has 0 N–H and O–H groups in total. The Bertz CT molecular complexity index is 865. The van der Waals surface area contributed by atoms with Crippen LogP contribution in [0.4, 0.5) is 4.79 Å². The number of ketones is 1. The topological polar surface area (TPSA) is 99.2 Å². The molecule has 1 heterocycles. The number of Topliss-reactive ketones (excluding diaryl/α,β-unsaturated/α-hetero) is 1. The van der Waals surface area contributed by atoms with Gasteiger partial charge >= 0.3 is 18.0 Å². The molecule has 3 rings (SSSR count). The first-order valence-electron chi connectivity index (χ1n) is 11.0. The molecule has 1 amide bonds. The van der Waals surface area contributed by atoms with Crippen LogP contribution in [0.5, 0.6) is 0 Å². The third kappa shape index (κ3) is 5.66. The third-order valence-electron chi connectivity index (χ3n) is 5.88. The molecule has 1 aromatic rings. The first-order chi connectivity index (χ1) is 15.1. The number of hydrogen-bond donors (Lipinski definition) is 0. The van der Waals surface area contributed by atoms with Crippen LogP contribution in [0, 0.1) is 5.92 Å². The molecular formula is C24H31NO7. The number of carbonyl (C=O) groups excluding carboxylic acids is 4. The number of nitrogens with zero attached hydrogens (tertiary/aromatic N) is 1. The molecule has 32 heavy (non-hydrogen) atoms. The SMILES string of the molecule is COC(=O)C1CC(c2ccc(C(=O)COC(=O)[C@@H]3CCCN3C(=O)OC(C)(C)C)cc2)C1. The number of carbonyl (C=O) groups is 4. The zero-order valence-corrected chi connectivity index (χ0v) is 19.1. The number of rotatable bonds is 6. The van der Waals surface area contributed by atoms with Gasteiger partial charge < -0.3 is 14.2 Å². The van der Waals surface area contributed by atoms with Gasteiger partial charge in [-0.15, -0.1) is 0 Å². The van der Waals surface area contributed by atoms with Crippen LogP contribution in [0.15, 0.2) is 24.3 Å². The van der Waals surface area contributed by atoms with Gasteiger partial charge in [-0.25, -0.2) is 9.59 Å². The van der Waals surface area contributed by atoms with Crippen molar-refractivity contribution in [2.24, 2.45) is 5.92 Å². The largest absolute Gasteiger partial charge is 0.469 e. The normalized spacial score (nSPS) is 22.6. The van der Waals surface area contributed by atoms with Crippen molar-refractivity contribution in [3.8, 4) is 0 Å². The maximum atomic E-state index is 12.5. The van der Waals surface area contributed by atoms with E-state index in [9.17, 15) is 19.2 Å². The van der Waals surface area contributed by atoms with Crippen molar-refractivity contribution in [2.75, 3.05) is 20.3 Å². The van der Waals surface area contributed by atoms with E-state index in [4.69, 9.17) is 14.2 Å². The van der Waals surface area contributed by atoms with Crippen molar-refractivity contribution >= 4 is 23.8 Å². The van der Waals surface area contributed by atoms with Crippen molar-refractivity contribution in [1.82, 2.24) is 4.90 Å². The van der Waals surface area contributed by atoms with Crippen LogP contribution in [0.1, 0.15) is 68.3 Å². The predicted octanol–water partition coefficient (Wildman–Crippen LogP) is 3.48. The minimum absolute atomic E-state index is 0.0541.